The molecule has 0 saturated carbocycles. The molecule has 0 spiro atoms. The molecule has 1 saturated heterocycles. The Morgan fingerprint density at radius 1 is 1.29 bits per heavy atom. The van der Waals surface area contributed by atoms with Crippen molar-refractivity contribution in [2.24, 2.45) is 10.9 Å². The summed E-state index contributed by atoms with van der Waals surface area (Å²) in [4.78, 5) is 9.25. The average Bonchev–Trinajstić information content (AvgIpc) is 2.72. The van der Waals surface area contributed by atoms with E-state index in [4.69, 9.17) is 9.47 Å². The molecule has 0 aliphatic carbocycles. The van der Waals surface area contributed by atoms with Gasteiger partial charge >= 0.3 is 0 Å². The molecule has 0 aromatic heterocycles. The Morgan fingerprint density at radius 2 is 2.04 bits per heavy atom. The first kappa shape index (κ1) is 22.3. The zero-order valence-corrected chi connectivity index (χ0v) is 18.5. The lowest BCUT2D eigenvalue weighted by Crippen LogP contribution is -2.46. The summed E-state index contributed by atoms with van der Waals surface area (Å²) in [6.07, 6.45) is 3.50. The lowest BCUT2D eigenvalue weighted by Gasteiger charge is -2.36. The van der Waals surface area contributed by atoms with Crippen molar-refractivity contribution in [3.05, 3.63) is 23.8 Å². The second-order valence-electron chi connectivity index (χ2n) is 7.89. The Morgan fingerprint density at radius 3 is 2.68 bits per heavy atom. The molecule has 1 heterocycles. The first-order valence-electron chi connectivity index (χ1n) is 10.3. The van der Waals surface area contributed by atoms with Gasteiger partial charge in [0.2, 0.25) is 0 Å². The molecule has 1 aliphatic rings. The van der Waals surface area contributed by atoms with Gasteiger partial charge in [-0.15, -0.1) is 0 Å². The summed E-state index contributed by atoms with van der Waals surface area (Å²) < 4.78 is 10.7. The lowest BCUT2D eigenvalue weighted by molar-refractivity contribution is 0.140. The van der Waals surface area contributed by atoms with Gasteiger partial charge in [-0.05, 0) is 63.3 Å². The van der Waals surface area contributed by atoms with Gasteiger partial charge in [-0.2, -0.15) is 0 Å². The largest absolute Gasteiger partial charge is 0.493 e. The van der Waals surface area contributed by atoms with Gasteiger partial charge in [0.05, 0.1) is 14.2 Å². The van der Waals surface area contributed by atoms with Crippen LogP contribution in [0, 0.1) is 5.92 Å². The van der Waals surface area contributed by atoms with Gasteiger partial charge in [0.25, 0.3) is 0 Å². The van der Waals surface area contributed by atoms with E-state index in [0.29, 0.717) is 12.0 Å². The molecule has 158 valence electrons. The van der Waals surface area contributed by atoms with E-state index in [-0.39, 0.29) is 0 Å². The standard InChI is InChI=1S/C22H38N4O2/c1-17(2)26-12-7-8-19(16-26)15-24-22(23-3)25(4)13-11-18-9-10-20(27-5)21(14-18)28-6/h9-10,14,17,19H,7-8,11-13,15-16H2,1-6H3,(H,23,24). The van der Waals surface area contributed by atoms with Crippen molar-refractivity contribution in [2.45, 2.75) is 39.2 Å². The highest BCUT2D eigenvalue weighted by Crippen LogP contribution is 2.27. The monoisotopic (exact) mass is 390 g/mol. The molecule has 2 rings (SSSR count). The van der Waals surface area contributed by atoms with Gasteiger partial charge < -0.3 is 24.6 Å². The number of hydrogen-bond donors (Lipinski definition) is 1. The molecule has 0 amide bonds. The SMILES string of the molecule is CN=C(NCC1CCCN(C(C)C)C1)N(C)CCc1ccc(OC)c(OC)c1. The zero-order chi connectivity index (χ0) is 20.5. The lowest BCUT2D eigenvalue weighted by atomic mass is 9.97. The van der Waals surface area contributed by atoms with Crippen LogP contribution in [0.15, 0.2) is 23.2 Å². The predicted molar refractivity (Wildman–Crippen MR) is 117 cm³/mol. The second-order valence-corrected chi connectivity index (χ2v) is 7.89. The summed E-state index contributed by atoms with van der Waals surface area (Å²) in [6, 6.07) is 6.73. The molecule has 1 aliphatic heterocycles. The summed E-state index contributed by atoms with van der Waals surface area (Å²) in [5.74, 6) is 3.19. The van der Waals surface area contributed by atoms with E-state index in [2.05, 4.69) is 47.1 Å². The highest BCUT2D eigenvalue weighted by molar-refractivity contribution is 5.79. The van der Waals surface area contributed by atoms with Crippen LogP contribution in [0.2, 0.25) is 0 Å². The number of nitrogens with one attached hydrogen (secondary N) is 1. The number of benzene rings is 1. The topological polar surface area (TPSA) is 49.3 Å². The van der Waals surface area contributed by atoms with Crippen LogP contribution in [0.5, 0.6) is 11.5 Å². The maximum atomic E-state index is 5.40. The summed E-state index contributed by atoms with van der Waals surface area (Å²) in [5.41, 5.74) is 1.22. The molecular formula is C22H38N4O2. The van der Waals surface area contributed by atoms with Crippen LogP contribution in [-0.4, -0.2) is 76.3 Å². The van der Waals surface area contributed by atoms with Gasteiger partial charge in [-0.1, -0.05) is 6.07 Å². The van der Waals surface area contributed by atoms with E-state index in [1.807, 2.05) is 19.2 Å². The maximum absolute atomic E-state index is 5.40. The van der Waals surface area contributed by atoms with Crippen molar-refractivity contribution in [3.8, 4) is 11.5 Å². The third-order valence-corrected chi connectivity index (χ3v) is 5.59. The first-order chi connectivity index (χ1) is 13.5. The van der Waals surface area contributed by atoms with E-state index >= 15 is 0 Å². The quantitative estimate of drug-likeness (QED) is 0.546. The van der Waals surface area contributed by atoms with Crippen molar-refractivity contribution < 1.29 is 9.47 Å². The molecular weight excluding hydrogens is 352 g/mol. The number of ether oxygens (including phenoxy) is 2. The second kappa shape index (κ2) is 11.1. The van der Waals surface area contributed by atoms with E-state index in [1.54, 1.807) is 14.2 Å². The van der Waals surface area contributed by atoms with Gasteiger partial charge in [-0.25, -0.2) is 0 Å². The minimum absolute atomic E-state index is 0.631. The van der Waals surface area contributed by atoms with Crippen molar-refractivity contribution in [1.29, 1.82) is 0 Å². The van der Waals surface area contributed by atoms with E-state index in [9.17, 15) is 0 Å². The minimum Gasteiger partial charge on any atom is -0.493 e. The van der Waals surface area contributed by atoms with Gasteiger partial charge in [-0.3, -0.25) is 4.99 Å². The molecule has 1 aromatic rings. The van der Waals surface area contributed by atoms with Gasteiger partial charge in [0.1, 0.15) is 0 Å². The van der Waals surface area contributed by atoms with Crippen LogP contribution in [0.25, 0.3) is 0 Å². The van der Waals surface area contributed by atoms with Crippen molar-refractivity contribution in [1.82, 2.24) is 15.1 Å². The Kier molecular flexibility index (Phi) is 8.90. The van der Waals surface area contributed by atoms with Crippen LogP contribution in [0.3, 0.4) is 0 Å². The third kappa shape index (κ3) is 6.30. The number of hydrogen-bond acceptors (Lipinski definition) is 4. The fourth-order valence-electron chi connectivity index (χ4n) is 3.79. The van der Waals surface area contributed by atoms with Crippen molar-refractivity contribution >= 4 is 5.96 Å². The number of methoxy groups -OCH3 is 2. The third-order valence-electron chi connectivity index (χ3n) is 5.59. The van der Waals surface area contributed by atoms with E-state index < -0.39 is 0 Å². The highest BCUT2D eigenvalue weighted by Gasteiger charge is 2.22. The molecule has 6 heteroatoms. The Bertz CT molecular complexity index is 633. The van der Waals surface area contributed by atoms with Crippen molar-refractivity contribution in [2.75, 3.05) is 54.5 Å². The Balaban J connectivity index is 1.84. The molecule has 6 nitrogen and oxygen atoms in total. The Hall–Kier alpha value is -1.95. The number of piperidine rings is 1. The average molecular weight is 391 g/mol. The van der Waals surface area contributed by atoms with Gasteiger partial charge in [0.15, 0.2) is 17.5 Å². The first-order valence-corrected chi connectivity index (χ1v) is 10.3. The summed E-state index contributed by atoms with van der Waals surface area (Å²) in [7, 11) is 7.28. The Labute approximate surface area is 170 Å². The number of nitrogens with zero attached hydrogens (tertiary/aromatic N) is 3. The maximum Gasteiger partial charge on any atom is 0.193 e. The molecule has 0 radical (unpaired) electrons. The van der Waals surface area contributed by atoms with Crippen LogP contribution in [0.4, 0.5) is 0 Å². The number of guanidine groups is 1. The van der Waals surface area contributed by atoms with Crippen LogP contribution >= 0.6 is 0 Å². The minimum atomic E-state index is 0.631. The zero-order valence-electron chi connectivity index (χ0n) is 18.5. The number of aliphatic imine (C=N–C) groups is 1. The molecule has 1 N–H and O–H groups in total. The number of likely N-dealkylation sites (N-methyl/N-ethyl adjacent to an activating group) is 1. The summed E-state index contributed by atoms with van der Waals surface area (Å²) in [6.45, 7) is 8.85. The molecule has 1 unspecified atom stereocenters. The summed E-state index contributed by atoms with van der Waals surface area (Å²) in [5, 5.41) is 3.58. The molecule has 1 atom stereocenters. The van der Waals surface area contributed by atoms with Crippen LogP contribution in [0.1, 0.15) is 32.3 Å². The van der Waals surface area contributed by atoms with Crippen molar-refractivity contribution in [3.63, 3.8) is 0 Å². The molecule has 1 fully saturated rings. The molecule has 0 bridgehead atoms. The van der Waals surface area contributed by atoms with Crippen LogP contribution < -0.4 is 14.8 Å². The van der Waals surface area contributed by atoms with E-state index in [1.165, 1.54) is 31.5 Å². The predicted octanol–water partition coefficient (Wildman–Crippen LogP) is 2.87. The highest BCUT2D eigenvalue weighted by atomic mass is 16.5. The van der Waals surface area contributed by atoms with Crippen LogP contribution in [-0.2, 0) is 6.42 Å². The smallest absolute Gasteiger partial charge is 0.193 e. The fraction of sp³-hybridized carbons (Fsp3) is 0.682. The summed E-state index contributed by atoms with van der Waals surface area (Å²) >= 11 is 0. The normalized spacial score (nSPS) is 18.2. The number of rotatable bonds is 8. The fourth-order valence-corrected chi connectivity index (χ4v) is 3.79. The molecule has 1 aromatic carbocycles. The van der Waals surface area contributed by atoms with E-state index in [0.717, 1.165) is 37.0 Å². The number of likely N-dealkylation sites (tertiary alicyclic amines) is 1. The van der Waals surface area contributed by atoms with Gasteiger partial charge in [0, 0.05) is 39.8 Å². The molecule has 28 heavy (non-hydrogen) atoms.